The fourth-order valence-electron chi connectivity index (χ4n) is 1.36. The minimum atomic E-state index is -0.557. The lowest BCUT2D eigenvalue weighted by Crippen LogP contribution is -2.32. The highest BCUT2D eigenvalue weighted by molar-refractivity contribution is 6.44. The van der Waals surface area contributed by atoms with Crippen molar-refractivity contribution < 1.29 is 9.59 Å². The van der Waals surface area contributed by atoms with Gasteiger partial charge in [0.25, 0.3) is 5.91 Å². The predicted molar refractivity (Wildman–Crippen MR) is 64.7 cm³/mol. The summed E-state index contributed by atoms with van der Waals surface area (Å²) >= 11 is 0. The van der Waals surface area contributed by atoms with Gasteiger partial charge in [0.05, 0.1) is 12.1 Å². The number of carbonyl (C=O) groups excluding carboxylic acids is 2. The Morgan fingerprint density at radius 2 is 2.44 bits per heavy atom. The van der Waals surface area contributed by atoms with Gasteiger partial charge in [-0.15, -0.1) is 0 Å². The van der Waals surface area contributed by atoms with E-state index in [1.165, 1.54) is 6.21 Å². The maximum absolute atomic E-state index is 11.6. The van der Waals surface area contributed by atoms with Crippen LogP contribution in [0.4, 0.5) is 0 Å². The average Bonchev–Trinajstić information content (AvgIpc) is 2.71. The summed E-state index contributed by atoms with van der Waals surface area (Å²) in [5.74, 6) is -1.35. The summed E-state index contributed by atoms with van der Waals surface area (Å²) in [6.45, 7) is 1.60. The fraction of sp³-hybridized carbons (Fsp3) is 0.182. The second kappa shape index (κ2) is 5.17. The summed E-state index contributed by atoms with van der Waals surface area (Å²) in [5.41, 5.74) is 5.42. The van der Waals surface area contributed by atoms with E-state index < -0.39 is 11.8 Å². The lowest BCUT2D eigenvalue weighted by atomic mass is 10.1. The van der Waals surface area contributed by atoms with Crippen LogP contribution in [0.15, 0.2) is 34.7 Å². The number of rotatable bonds is 3. The second-order valence-corrected chi connectivity index (χ2v) is 3.68. The van der Waals surface area contributed by atoms with Crippen molar-refractivity contribution in [3.05, 3.63) is 30.1 Å². The van der Waals surface area contributed by atoms with Gasteiger partial charge in [0.2, 0.25) is 5.91 Å². The van der Waals surface area contributed by atoms with Crippen molar-refractivity contribution >= 4 is 23.7 Å². The topological polar surface area (TPSA) is 95.8 Å². The molecular weight excluding hydrogens is 234 g/mol. The van der Waals surface area contributed by atoms with Crippen LogP contribution in [0.3, 0.4) is 0 Å². The summed E-state index contributed by atoms with van der Waals surface area (Å²) in [7, 11) is 0. The molecule has 1 aliphatic heterocycles. The summed E-state index contributed by atoms with van der Waals surface area (Å²) in [6, 6.07) is 3.55. The lowest BCUT2D eigenvalue weighted by molar-refractivity contribution is -0.122. The van der Waals surface area contributed by atoms with Crippen molar-refractivity contribution in [1.82, 2.24) is 15.8 Å². The van der Waals surface area contributed by atoms with E-state index in [1.807, 2.05) is 0 Å². The van der Waals surface area contributed by atoms with Crippen molar-refractivity contribution in [3.63, 3.8) is 0 Å². The predicted octanol–water partition coefficient (Wildman–Crippen LogP) is -0.346. The largest absolute Gasteiger partial charge is 0.288 e. The molecule has 2 amide bonds. The van der Waals surface area contributed by atoms with Gasteiger partial charge in [-0.1, -0.05) is 6.07 Å². The Morgan fingerprint density at radius 3 is 3.06 bits per heavy atom. The smallest absolute Gasteiger partial charge is 0.272 e. The molecule has 0 saturated heterocycles. The summed E-state index contributed by atoms with van der Waals surface area (Å²) < 4.78 is 0. The van der Waals surface area contributed by atoms with Crippen LogP contribution in [0, 0.1) is 5.92 Å². The monoisotopic (exact) mass is 245 g/mol. The molecule has 1 aliphatic rings. The number of hydrogen-bond donors (Lipinski definition) is 2. The molecule has 0 unspecified atom stereocenters. The molecule has 92 valence electrons. The third-order valence-electron chi connectivity index (χ3n) is 2.39. The highest BCUT2D eigenvalue weighted by Gasteiger charge is 2.30. The summed E-state index contributed by atoms with van der Waals surface area (Å²) in [6.07, 6.45) is 4.71. The normalized spacial score (nSPS) is 18.6. The third kappa shape index (κ3) is 2.57. The minimum Gasteiger partial charge on any atom is -0.272 e. The van der Waals surface area contributed by atoms with Crippen molar-refractivity contribution in [3.8, 4) is 0 Å². The molecule has 2 N–H and O–H groups in total. The quantitative estimate of drug-likeness (QED) is 0.563. The van der Waals surface area contributed by atoms with Gasteiger partial charge in [0, 0.05) is 18.0 Å². The molecule has 7 heteroatoms. The number of aromatic nitrogens is 1. The van der Waals surface area contributed by atoms with Gasteiger partial charge >= 0.3 is 0 Å². The van der Waals surface area contributed by atoms with Gasteiger partial charge in [0.1, 0.15) is 5.71 Å². The Morgan fingerprint density at radius 1 is 1.61 bits per heavy atom. The number of nitrogens with zero attached hydrogens (tertiary/aromatic N) is 3. The van der Waals surface area contributed by atoms with E-state index in [2.05, 4.69) is 26.0 Å². The molecule has 2 heterocycles. The Bertz CT molecular complexity index is 523. The zero-order chi connectivity index (χ0) is 13.0. The van der Waals surface area contributed by atoms with Crippen LogP contribution in [-0.4, -0.2) is 28.7 Å². The Balaban J connectivity index is 1.93. The van der Waals surface area contributed by atoms with E-state index in [4.69, 9.17) is 0 Å². The summed E-state index contributed by atoms with van der Waals surface area (Å²) in [5, 5.41) is 7.40. The van der Waals surface area contributed by atoms with E-state index in [1.54, 1.807) is 31.5 Å². The van der Waals surface area contributed by atoms with E-state index in [9.17, 15) is 9.59 Å². The number of hydrogen-bond acceptors (Lipinski definition) is 5. The molecule has 0 bridgehead atoms. The van der Waals surface area contributed by atoms with Crippen LogP contribution >= 0.6 is 0 Å². The molecule has 0 fully saturated rings. The molecular formula is C11H11N5O2. The zero-order valence-electron chi connectivity index (χ0n) is 9.62. The van der Waals surface area contributed by atoms with Crippen LogP contribution < -0.4 is 10.9 Å². The van der Waals surface area contributed by atoms with Gasteiger partial charge in [-0.2, -0.15) is 10.2 Å². The molecule has 1 aromatic heterocycles. The third-order valence-corrected chi connectivity index (χ3v) is 2.39. The Kier molecular flexibility index (Phi) is 3.42. The van der Waals surface area contributed by atoms with Gasteiger partial charge in [0.15, 0.2) is 0 Å². The van der Waals surface area contributed by atoms with Gasteiger partial charge in [-0.3, -0.25) is 14.6 Å². The highest BCUT2D eigenvalue weighted by atomic mass is 16.2. The molecule has 0 spiro atoms. The zero-order valence-corrected chi connectivity index (χ0v) is 9.62. The van der Waals surface area contributed by atoms with Crippen LogP contribution in [0.2, 0.25) is 0 Å². The van der Waals surface area contributed by atoms with Crippen molar-refractivity contribution in [2.75, 3.05) is 0 Å². The molecule has 0 aliphatic carbocycles. The first-order valence-electron chi connectivity index (χ1n) is 5.29. The molecule has 2 rings (SSSR count). The Labute approximate surface area is 103 Å². The standard InChI is InChI=1S/C11H11N5O2/c1-7-9(14-16-10(7)17)11(18)15-13-6-8-3-2-4-12-5-8/h2-7H,1H3,(H,15,18)(H,16,17)/b13-6+/t7-/m1/s1. The van der Waals surface area contributed by atoms with Crippen LogP contribution in [0.1, 0.15) is 12.5 Å². The second-order valence-electron chi connectivity index (χ2n) is 3.68. The molecule has 1 aromatic rings. The van der Waals surface area contributed by atoms with Crippen molar-refractivity contribution in [2.24, 2.45) is 16.1 Å². The fourth-order valence-corrected chi connectivity index (χ4v) is 1.36. The van der Waals surface area contributed by atoms with Crippen LogP contribution in [0.25, 0.3) is 0 Å². The first-order chi connectivity index (χ1) is 8.68. The molecule has 0 radical (unpaired) electrons. The summed E-state index contributed by atoms with van der Waals surface area (Å²) in [4.78, 5) is 26.7. The van der Waals surface area contributed by atoms with Gasteiger partial charge in [-0.05, 0) is 13.0 Å². The first-order valence-corrected chi connectivity index (χ1v) is 5.29. The number of carbonyl (C=O) groups is 2. The lowest BCUT2D eigenvalue weighted by Gasteiger charge is -2.01. The average molecular weight is 245 g/mol. The maximum Gasteiger partial charge on any atom is 0.288 e. The SMILES string of the molecule is C[C@H]1C(=O)NN=C1C(=O)N/N=C/c1cccnc1. The number of hydrazone groups is 2. The minimum absolute atomic E-state index is 0.128. The molecule has 0 saturated carbocycles. The van der Waals surface area contributed by atoms with Crippen molar-refractivity contribution in [1.29, 1.82) is 0 Å². The van der Waals surface area contributed by atoms with E-state index >= 15 is 0 Å². The molecule has 18 heavy (non-hydrogen) atoms. The first kappa shape index (κ1) is 11.9. The van der Waals surface area contributed by atoms with Crippen LogP contribution in [-0.2, 0) is 9.59 Å². The van der Waals surface area contributed by atoms with Gasteiger partial charge in [-0.25, -0.2) is 10.9 Å². The number of nitrogens with one attached hydrogen (secondary N) is 2. The van der Waals surface area contributed by atoms with E-state index in [0.717, 1.165) is 5.56 Å². The maximum atomic E-state index is 11.6. The molecule has 1 atom stereocenters. The highest BCUT2D eigenvalue weighted by Crippen LogP contribution is 2.05. The number of amides is 2. The molecule has 0 aromatic carbocycles. The Hall–Kier alpha value is -2.57. The molecule has 7 nitrogen and oxygen atoms in total. The van der Waals surface area contributed by atoms with Crippen LogP contribution in [0.5, 0.6) is 0 Å². The van der Waals surface area contributed by atoms with E-state index in [-0.39, 0.29) is 11.6 Å². The van der Waals surface area contributed by atoms with E-state index in [0.29, 0.717) is 0 Å². The van der Waals surface area contributed by atoms with Gasteiger partial charge < -0.3 is 0 Å². The van der Waals surface area contributed by atoms with Crippen molar-refractivity contribution in [2.45, 2.75) is 6.92 Å². The number of pyridine rings is 1.